The molecule has 5 aliphatic rings. The van der Waals surface area contributed by atoms with Gasteiger partial charge in [-0.15, -0.1) is 34.0 Å². The van der Waals surface area contributed by atoms with Gasteiger partial charge in [0.2, 0.25) is 28.8 Å². The van der Waals surface area contributed by atoms with E-state index in [-0.39, 0.29) is 96.8 Å². The van der Waals surface area contributed by atoms with Crippen molar-refractivity contribution in [1.29, 1.82) is 0 Å². The summed E-state index contributed by atoms with van der Waals surface area (Å²) < 4.78 is 134. The number of anilines is 9. The molecule has 758 valence electrons. The number of piperidine rings is 1. The highest BCUT2D eigenvalue weighted by Crippen LogP contribution is 2.36. The molecule has 0 unspecified atom stereocenters. The molecule has 0 spiro atoms. The first-order chi connectivity index (χ1) is 68.2. The fraction of sp³-hybridized carbons (Fsp3) is 0.289. The molecule has 0 radical (unpaired) electrons. The Morgan fingerprint density at radius 3 is 1.48 bits per heavy atom. The third-order valence-corrected chi connectivity index (χ3v) is 35.0. The Bertz CT molecular complexity index is 7530. The molecule has 0 saturated carbocycles. The standard InChI is InChI=1S/C26H30ClN5O3S2.C25H26FN5O3S2.C23H23ClN6O3S2.C23H22ClN5O3S2.8H2/c1-18-17-36-26(28-18)29-37(34,35)23-8-6-22(7-9-23)30-12-14-31(15-13-30)25(33)19(2)32-11-3-4-20-16-21(27)5-10-24(20)32;1-17(31-15-11-21-22(26)3-2-4-23(21)31)24(32)28-18-9-13-30(14-10-18)19-5-7-20(8-6-19)36(33,34)29-25-27-12-16-35-25;1-16-13-28(18-5-7-19(8-6-18)35(32,33)27-23-25-15-26-34-23)11-12-30(16)21(31)14-29-10-9-17-3-2-4-20(24)22(17)29;24-20-3-1-2-17-8-10-29(22(17)20)16-21(30)28-13-11-27(12-14-28)18-4-6-19(7-5-18)34(31,32)26-23-25-9-15-33-23;;;;;;;;/h5-10,16-17,19H,3-4,11-15H2,1-2H3,(H,28,29);2-8,11-12,15-18H,9-10,13-14H2,1H3,(H,27,29)(H,28,32);2-10,15-16H,11-14H2,1H3,(H,25,26,27);1-10,15H,11-14,16H2,(H,25,26);8*1H/t19-;17-;16-;;;;;;;;;/m111........./s1. The summed E-state index contributed by atoms with van der Waals surface area (Å²) in [4.78, 5) is 85.5. The zero-order valence-corrected chi connectivity index (χ0v) is 86.2. The smallest absolute Gasteiger partial charge is 0.263 e. The van der Waals surface area contributed by atoms with E-state index >= 15 is 0 Å². The Labute approximate surface area is 864 Å². The second kappa shape index (κ2) is 44.2. The number of carbonyl (C=O) groups excluding carboxylic acids is 4. The minimum atomic E-state index is -3.73. The van der Waals surface area contributed by atoms with Gasteiger partial charge in [-0.2, -0.15) is 4.37 Å². The Hall–Kier alpha value is -12.5. The predicted octanol–water partition coefficient (Wildman–Crippen LogP) is 18.3. The molecule has 5 N–H and O–H groups in total. The maximum Gasteiger partial charge on any atom is 0.263 e. The summed E-state index contributed by atoms with van der Waals surface area (Å²) in [6, 6.07) is 54.2. The third kappa shape index (κ3) is 23.9. The first kappa shape index (κ1) is 101. The van der Waals surface area contributed by atoms with E-state index in [0.29, 0.717) is 108 Å². The molecule has 45 heteroatoms. The number of thiazole rings is 3. The number of aromatic nitrogens is 8. The Kier molecular flexibility index (Phi) is 31.4. The van der Waals surface area contributed by atoms with Gasteiger partial charge in [0.25, 0.3) is 40.1 Å². The van der Waals surface area contributed by atoms with Gasteiger partial charge in [-0.1, -0.05) is 65.1 Å². The van der Waals surface area contributed by atoms with Crippen LogP contribution < -0.4 is 48.7 Å². The number of piperazine rings is 3. The molecule has 4 fully saturated rings. The van der Waals surface area contributed by atoms with Gasteiger partial charge in [0, 0.05) is 223 Å². The summed E-state index contributed by atoms with van der Waals surface area (Å²) in [5.74, 6) is -0.178. The molecule has 8 aromatic carbocycles. The van der Waals surface area contributed by atoms with Gasteiger partial charge in [-0.3, -0.25) is 38.1 Å². The summed E-state index contributed by atoms with van der Waals surface area (Å²) in [6.45, 7) is 17.5. The van der Waals surface area contributed by atoms with Gasteiger partial charge in [0.05, 0.1) is 51.9 Å². The van der Waals surface area contributed by atoms with E-state index in [1.165, 1.54) is 52.0 Å². The molecule has 12 heterocycles. The fourth-order valence-corrected chi connectivity index (χ4v) is 25.9. The highest BCUT2D eigenvalue weighted by Gasteiger charge is 2.35. The average Bonchev–Trinajstić information content (AvgIpc) is 1.45. The number of amides is 4. The van der Waals surface area contributed by atoms with Crippen LogP contribution in [0.2, 0.25) is 15.1 Å². The number of carbonyl (C=O) groups is 4. The maximum absolute atomic E-state index is 14.0. The zero-order valence-electron chi connectivity index (χ0n) is 77.4. The fourth-order valence-electron chi connectivity index (χ4n) is 18.0. The normalized spacial score (nSPS) is 15.9. The highest BCUT2D eigenvalue weighted by molar-refractivity contribution is 7.94. The molecular formula is C97H117Cl3FN21O12S8. The van der Waals surface area contributed by atoms with Crippen molar-refractivity contribution in [2.75, 3.05) is 135 Å². The van der Waals surface area contributed by atoms with Crippen molar-refractivity contribution in [3.8, 4) is 0 Å². The minimum Gasteiger partial charge on any atom is -0.371 e. The topological polar surface area (TPSA) is 370 Å². The second-order valence-electron chi connectivity index (χ2n) is 34.5. The van der Waals surface area contributed by atoms with Crippen LogP contribution in [-0.2, 0) is 78.8 Å². The first-order valence-electron chi connectivity index (χ1n) is 45.7. The van der Waals surface area contributed by atoms with E-state index in [1.807, 2.05) is 149 Å². The molecule has 3 atom stereocenters. The number of sulfonamides is 4. The zero-order chi connectivity index (χ0) is 99.7. The van der Waals surface area contributed by atoms with Crippen LogP contribution in [0, 0.1) is 12.7 Å². The lowest BCUT2D eigenvalue weighted by atomic mass is 10.00. The molecule has 4 saturated heterocycles. The molecule has 5 aliphatic heterocycles. The maximum atomic E-state index is 14.0. The molecule has 20 rings (SSSR count). The van der Waals surface area contributed by atoms with Crippen molar-refractivity contribution in [3.63, 3.8) is 0 Å². The van der Waals surface area contributed by atoms with Gasteiger partial charge < -0.3 is 58.2 Å². The number of nitrogens with one attached hydrogen (secondary N) is 5. The average molecular weight is 2150 g/mol. The number of hydrogen-bond donors (Lipinski definition) is 5. The molecule has 142 heavy (non-hydrogen) atoms. The lowest BCUT2D eigenvalue weighted by molar-refractivity contribution is -0.134. The Morgan fingerprint density at radius 2 is 0.986 bits per heavy atom. The highest BCUT2D eigenvalue weighted by atomic mass is 35.5. The number of fused-ring (bicyclic) bond motifs is 4. The summed E-state index contributed by atoms with van der Waals surface area (Å²) in [5, 5.41) is 14.1. The quantitative estimate of drug-likeness (QED) is 0.0355. The summed E-state index contributed by atoms with van der Waals surface area (Å²) in [6.07, 6.45) is 13.4. The summed E-state index contributed by atoms with van der Waals surface area (Å²) in [7, 11) is -14.8. The van der Waals surface area contributed by atoms with E-state index in [1.54, 1.807) is 136 Å². The van der Waals surface area contributed by atoms with Crippen LogP contribution in [0.1, 0.15) is 68.7 Å². The summed E-state index contributed by atoms with van der Waals surface area (Å²) in [5.41, 5.74) is 9.20. The largest absolute Gasteiger partial charge is 0.371 e. The number of halogens is 4. The molecule has 0 bridgehead atoms. The molecule has 15 aromatic rings. The SMILES string of the molecule is C[C@@H]1CN(c2ccc(S(=O)(=O)Nc3ncns3)cc2)CCN1C(=O)Cn1ccc2cccc(Cl)c21.C[C@H](C(=O)NC1CCN(c2ccc(S(=O)(=O)Nc3nccs3)cc2)CC1)n1ccc2c(F)cccc21.Cc1csc(NS(=O)(=O)c2ccc(N3CCN(C(=O)[C@@H](C)N4CCCc5cc(Cl)ccc54)CC3)cc2)n1.O=C(Cn1ccc2cccc(Cl)c21)N1CCN(c2ccc(S(=O)(=O)Nc3nccs3)cc2)CC1.[HH].[HH].[HH].[HH].[HH].[HH].[HH].[HH]. The van der Waals surface area contributed by atoms with Gasteiger partial charge in [0.15, 0.2) is 15.4 Å². The van der Waals surface area contributed by atoms with E-state index < -0.39 is 46.1 Å². The van der Waals surface area contributed by atoms with Gasteiger partial charge in [0.1, 0.15) is 37.3 Å². The van der Waals surface area contributed by atoms with Gasteiger partial charge >= 0.3 is 0 Å². The molecule has 4 amide bonds. The molecule has 33 nitrogen and oxygen atoms in total. The molecule has 7 aromatic heterocycles. The Morgan fingerprint density at radius 1 is 0.500 bits per heavy atom. The van der Waals surface area contributed by atoms with E-state index in [4.69, 9.17) is 34.8 Å². The van der Waals surface area contributed by atoms with Crippen molar-refractivity contribution >= 4 is 226 Å². The monoisotopic (exact) mass is 2150 g/mol. The van der Waals surface area contributed by atoms with E-state index in [2.05, 4.69) is 73.0 Å². The number of benzene rings is 8. The van der Waals surface area contributed by atoms with E-state index in [0.717, 1.165) is 118 Å². The third-order valence-electron chi connectivity index (χ3n) is 25.4. The van der Waals surface area contributed by atoms with Gasteiger partial charge in [-0.05, 0) is 217 Å². The first-order valence-corrected chi connectivity index (χ1v) is 56.2. The van der Waals surface area contributed by atoms with Crippen molar-refractivity contribution < 1.29 is 68.7 Å². The van der Waals surface area contributed by atoms with Crippen LogP contribution in [0.25, 0.3) is 32.7 Å². The number of nitrogens with zero attached hydrogens (tertiary/aromatic N) is 16. The molecule has 0 aliphatic carbocycles. The number of aryl methyl sites for hydroxylation is 2. The number of para-hydroxylation sites is 2. The lowest BCUT2D eigenvalue weighted by Gasteiger charge is -2.41. The number of hydrogen-bond acceptors (Lipinski definition) is 26. The van der Waals surface area contributed by atoms with Crippen LogP contribution in [0.4, 0.5) is 53.4 Å². The van der Waals surface area contributed by atoms with Crippen LogP contribution in [0.15, 0.2) is 261 Å². The second-order valence-corrected chi connectivity index (χ2v) is 45.9. The van der Waals surface area contributed by atoms with Crippen LogP contribution in [0.5, 0.6) is 0 Å². The minimum absolute atomic E-state index is 0. The van der Waals surface area contributed by atoms with E-state index in [9.17, 15) is 57.2 Å². The van der Waals surface area contributed by atoms with Gasteiger partial charge in [-0.25, -0.2) is 58.0 Å². The molecular weight excluding hydrogens is 2030 g/mol. The Balaban J connectivity index is 0.000000218. The van der Waals surface area contributed by atoms with Crippen LogP contribution in [-0.4, -0.2) is 220 Å². The van der Waals surface area contributed by atoms with Crippen molar-refractivity contribution in [2.24, 2.45) is 0 Å². The van der Waals surface area contributed by atoms with Crippen LogP contribution >= 0.6 is 80.3 Å². The van der Waals surface area contributed by atoms with Crippen molar-refractivity contribution in [2.45, 2.75) is 110 Å². The predicted molar refractivity (Wildman–Crippen MR) is 578 cm³/mol. The van der Waals surface area contributed by atoms with Crippen molar-refractivity contribution in [1.82, 2.24) is 58.0 Å². The van der Waals surface area contributed by atoms with Crippen molar-refractivity contribution in [3.05, 3.63) is 274 Å². The van der Waals surface area contributed by atoms with Crippen LogP contribution in [0.3, 0.4) is 0 Å². The summed E-state index contributed by atoms with van der Waals surface area (Å²) >= 11 is 23.6. The lowest BCUT2D eigenvalue weighted by Crippen LogP contribution is -2.55. The number of rotatable bonds is 25.